The van der Waals surface area contributed by atoms with Gasteiger partial charge in [0.05, 0.1) is 0 Å². The maximum atomic E-state index is 10.8. The van der Waals surface area contributed by atoms with E-state index in [-0.39, 0.29) is 3.12 Å². The van der Waals surface area contributed by atoms with Gasteiger partial charge in [0.1, 0.15) is 0 Å². The predicted molar refractivity (Wildman–Crippen MR) is 34.3 cm³/mol. The van der Waals surface area contributed by atoms with E-state index in [9.17, 15) is 2.81 Å². The maximum absolute atomic E-state index is 10.8. The molecular formula is C7H15OZr. The second kappa shape index (κ2) is 4.49. The third-order valence-electron chi connectivity index (χ3n) is 2.25. The van der Waals surface area contributed by atoms with E-state index in [1.807, 2.05) is 0 Å². The normalized spacial score (nSPS) is 11.0. The molecular weight excluding hydrogens is 191 g/mol. The molecule has 0 aromatic rings. The van der Waals surface area contributed by atoms with Gasteiger partial charge in [-0.2, -0.15) is 0 Å². The fraction of sp³-hybridized carbons (Fsp3) is 1.00. The van der Waals surface area contributed by atoms with Gasteiger partial charge in [-0.3, -0.25) is 0 Å². The molecule has 0 radical (unpaired) electrons. The molecule has 0 atom stereocenters. The molecule has 53 valence electrons. The Labute approximate surface area is 69.2 Å². The Kier molecular flexibility index (Phi) is 4.83. The molecule has 0 aromatic heterocycles. The first-order valence-electron chi connectivity index (χ1n) is 3.64. The molecule has 0 rings (SSSR count). The standard InChI is InChI=1S/C7H15.O.Zr/c1-4-7(5-2)6-3;;/h4-6H2,1-3H3;;. The van der Waals surface area contributed by atoms with Crippen molar-refractivity contribution in [2.45, 2.75) is 43.2 Å². The van der Waals surface area contributed by atoms with Gasteiger partial charge >= 0.3 is 69.2 Å². The third-order valence-corrected chi connectivity index (χ3v) is 5.92. The van der Waals surface area contributed by atoms with Crippen LogP contribution in [-0.4, -0.2) is 0 Å². The molecule has 0 unspecified atom stereocenters. The van der Waals surface area contributed by atoms with Crippen molar-refractivity contribution in [2.75, 3.05) is 0 Å². The van der Waals surface area contributed by atoms with Crippen LogP contribution < -0.4 is 0 Å². The molecule has 9 heavy (non-hydrogen) atoms. The van der Waals surface area contributed by atoms with E-state index in [0.717, 1.165) is 19.3 Å². The monoisotopic (exact) mass is 205 g/mol. The summed E-state index contributed by atoms with van der Waals surface area (Å²) in [5, 5.41) is 0. The zero-order valence-electron chi connectivity index (χ0n) is 6.53. The van der Waals surface area contributed by atoms with Gasteiger partial charge in [-0.25, -0.2) is 0 Å². The molecule has 0 saturated heterocycles. The van der Waals surface area contributed by atoms with E-state index in [0.29, 0.717) is 0 Å². The molecule has 0 aromatic carbocycles. The third kappa shape index (κ3) is 2.41. The summed E-state index contributed by atoms with van der Waals surface area (Å²) in [5.41, 5.74) is 0. The average molecular weight is 206 g/mol. The van der Waals surface area contributed by atoms with E-state index in [1.54, 1.807) is 0 Å². The molecule has 0 aliphatic carbocycles. The van der Waals surface area contributed by atoms with E-state index in [2.05, 4.69) is 20.8 Å². The zero-order chi connectivity index (χ0) is 7.33. The zero-order valence-corrected chi connectivity index (χ0v) is 8.99. The van der Waals surface area contributed by atoms with Gasteiger partial charge in [0.25, 0.3) is 0 Å². The van der Waals surface area contributed by atoms with Gasteiger partial charge in [0, 0.05) is 0 Å². The molecule has 0 aliphatic heterocycles. The van der Waals surface area contributed by atoms with Crippen LogP contribution in [0.25, 0.3) is 0 Å². The first-order chi connectivity index (χ1) is 4.24. The van der Waals surface area contributed by atoms with Gasteiger partial charge in [0.2, 0.25) is 0 Å². The quantitative estimate of drug-likeness (QED) is 0.691. The van der Waals surface area contributed by atoms with Crippen LogP contribution in [0.4, 0.5) is 0 Å². The van der Waals surface area contributed by atoms with Crippen LogP contribution in [0.2, 0.25) is 3.12 Å². The molecule has 0 amide bonds. The van der Waals surface area contributed by atoms with Crippen molar-refractivity contribution >= 4 is 0 Å². The molecule has 0 N–H and O–H groups in total. The van der Waals surface area contributed by atoms with Gasteiger partial charge in [0.15, 0.2) is 0 Å². The van der Waals surface area contributed by atoms with Crippen molar-refractivity contribution in [1.82, 2.24) is 0 Å². The minimum absolute atomic E-state index is 0.281. The van der Waals surface area contributed by atoms with Crippen LogP contribution in [0.15, 0.2) is 0 Å². The summed E-state index contributed by atoms with van der Waals surface area (Å²) in [7, 11) is 0. The van der Waals surface area contributed by atoms with Crippen molar-refractivity contribution in [2.24, 2.45) is 0 Å². The molecule has 0 heterocycles. The van der Waals surface area contributed by atoms with Crippen LogP contribution in [0.1, 0.15) is 40.0 Å². The minimum atomic E-state index is -1.28. The summed E-state index contributed by atoms with van der Waals surface area (Å²) in [5.74, 6) is 0. The molecule has 0 bridgehead atoms. The van der Waals surface area contributed by atoms with E-state index < -0.39 is 23.2 Å². The Morgan fingerprint density at radius 3 is 1.44 bits per heavy atom. The summed E-state index contributed by atoms with van der Waals surface area (Å²) >= 11 is -1.28. The molecule has 0 aliphatic rings. The Morgan fingerprint density at radius 2 is 1.44 bits per heavy atom. The van der Waals surface area contributed by atoms with Crippen LogP contribution in [0.3, 0.4) is 0 Å². The van der Waals surface area contributed by atoms with Crippen molar-refractivity contribution in [3.8, 4) is 0 Å². The first kappa shape index (κ1) is 9.68. The molecule has 2 heteroatoms. The number of hydrogen-bond acceptors (Lipinski definition) is 1. The van der Waals surface area contributed by atoms with E-state index in [1.165, 1.54) is 0 Å². The van der Waals surface area contributed by atoms with E-state index in [4.69, 9.17) is 0 Å². The SMILES string of the molecule is CC[C](CC)(CC)[Zr]=[O]. The number of hydrogen-bond donors (Lipinski definition) is 0. The summed E-state index contributed by atoms with van der Waals surface area (Å²) in [4.78, 5) is 0. The fourth-order valence-corrected chi connectivity index (χ4v) is 2.03. The summed E-state index contributed by atoms with van der Waals surface area (Å²) in [6.45, 7) is 6.43. The van der Waals surface area contributed by atoms with Crippen LogP contribution in [0.5, 0.6) is 0 Å². The van der Waals surface area contributed by atoms with Gasteiger partial charge in [-0.1, -0.05) is 0 Å². The van der Waals surface area contributed by atoms with E-state index >= 15 is 0 Å². The average Bonchev–Trinajstić information content (AvgIpc) is 1.95. The topological polar surface area (TPSA) is 17.1 Å². The van der Waals surface area contributed by atoms with Crippen molar-refractivity contribution in [1.29, 1.82) is 0 Å². The summed E-state index contributed by atoms with van der Waals surface area (Å²) in [6, 6.07) is 0. The molecule has 0 fully saturated rings. The molecule has 1 nitrogen and oxygen atoms in total. The molecule has 0 spiro atoms. The molecule has 0 saturated carbocycles. The van der Waals surface area contributed by atoms with Crippen LogP contribution >= 0.6 is 0 Å². The Bertz CT molecular complexity index is 78.7. The van der Waals surface area contributed by atoms with Gasteiger partial charge < -0.3 is 0 Å². The number of rotatable bonds is 4. The predicted octanol–water partition coefficient (Wildman–Crippen LogP) is 2.80. The van der Waals surface area contributed by atoms with Crippen LogP contribution in [-0.2, 0) is 26.1 Å². The van der Waals surface area contributed by atoms with Crippen LogP contribution in [0, 0.1) is 0 Å². The second-order valence-corrected chi connectivity index (χ2v) is 5.55. The first-order valence-corrected chi connectivity index (χ1v) is 5.87. The van der Waals surface area contributed by atoms with Crippen molar-refractivity contribution in [3.63, 3.8) is 0 Å². The summed E-state index contributed by atoms with van der Waals surface area (Å²) in [6.07, 6.45) is 3.32. The Hall–Kier alpha value is 0.683. The van der Waals surface area contributed by atoms with Gasteiger partial charge in [-0.05, 0) is 0 Å². The second-order valence-electron chi connectivity index (χ2n) is 2.44. The van der Waals surface area contributed by atoms with Crippen molar-refractivity contribution < 1.29 is 26.1 Å². The fourth-order valence-electron chi connectivity index (χ4n) is 0.967. The van der Waals surface area contributed by atoms with Crippen molar-refractivity contribution in [3.05, 3.63) is 0 Å². The Balaban J connectivity index is 3.98. The summed E-state index contributed by atoms with van der Waals surface area (Å²) < 4.78 is 11.1. The Morgan fingerprint density at radius 1 is 1.11 bits per heavy atom. The van der Waals surface area contributed by atoms with Gasteiger partial charge in [-0.15, -0.1) is 0 Å².